The van der Waals surface area contributed by atoms with Gasteiger partial charge < -0.3 is 9.47 Å². The lowest BCUT2D eigenvalue weighted by Crippen LogP contribution is -2.36. The van der Waals surface area contributed by atoms with Crippen LogP contribution in [0.15, 0.2) is 24.3 Å². The Balaban J connectivity index is 2.79. The van der Waals surface area contributed by atoms with Crippen LogP contribution in [0.2, 0.25) is 0 Å². The van der Waals surface area contributed by atoms with Crippen molar-refractivity contribution >= 4 is 0 Å². The van der Waals surface area contributed by atoms with Crippen LogP contribution in [0.4, 0.5) is 4.39 Å². The van der Waals surface area contributed by atoms with Crippen LogP contribution in [0.5, 0.6) is 5.75 Å². The van der Waals surface area contributed by atoms with Gasteiger partial charge in [0.1, 0.15) is 11.9 Å². The molecule has 1 aromatic rings. The van der Waals surface area contributed by atoms with Gasteiger partial charge in [-0.15, -0.1) is 0 Å². The third-order valence-corrected chi connectivity index (χ3v) is 2.95. The summed E-state index contributed by atoms with van der Waals surface area (Å²) in [5.74, 6) is 0.706. The summed E-state index contributed by atoms with van der Waals surface area (Å²) in [5.41, 5.74) is 0.562. The molecule has 0 spiro atoms. The summed E-state index contributed by atoms with van der Waals surface area (Å²) < 4.78 is 25.3. The Hall–Kier alpha value is -1.09. The molecule has 0 saturated carbocycles. The molecule has 0 amide bonds. The van der Waals surface area contributed by atoms with E-state index >= 15 is 0 Å². The predicted octanol–water partition coefficient (Wildman–Crippen LogP) is 5.28. The Morgan fingerprint density at radius 2 is 1.65 bits per heavy atom. The molecule has 0 aliphatic heterocycles. The maximum absolute atomic E-state index is 13.6. The average Bonchev–Trinajstić information content (AvgIpc) is 2.36. The quantitative estimate of drug-likeness (QED) is 0.661. The molecule has 0 N–H and O–H groups in total. The van der Waals surface area contributed by atoms with Crippen LogP contribution in [-0.4, -0.2) is 12.4 Å². The van der Waals surface area contributed by atoms with Crippen LogP contribution in [0.1, 0.15) is 59.7 Å². The van der Waals surface area contributed by atoms with Gasteiger partial charge in [-0.25, -0.2) is 4.39 Å². The highest BCUT2D eigenvalue weighted by Gasteiger charge is 2.28. The molecule has 2 nitrogen and oxygen atoms in total. The molecule has 0 aliphatic rings. The third kappa shape index (κ3) is 5.12. The third-order valence-electron chi connectivity index (χ3n) is 2.95. The van der Waals surface area contributed by atoms with E-state index in [1.54, 1.807) is 24.3 Å². The molecule has 0 saturated heterocycles. The standard InChI is InChI=1S/C17H27FO2/c1-7-15(18)13-8-10-14(11-9-13)20-16(17(4,5)6)19-12(2)3/h8-12,15-16H,7H2,1-6H3. The molecule has 114 valence electrons. The lowest BCUT2D eigenvalue weighted by Gasteiger charge is -2.32. The number of halogens is 1. The van der Waals surface area contributed by atoms with E-state index in [9.17, 15) is 4.39 Å². The molecule has 2 unspecified atom stereocenters. The second-order valence-corrected chi connectivity index (χ2v) is 6.45. The Labute approximate surface area is 122 Å². The molecule has 0 fully saturated rings. The van der Waals surface area contributed by atoms with Crippen LogP contribution < -0.4 is 4.74 Å². The fourth-order valence-corrected chi connectivity index (χ4v) is 1.77. The van der Waals surface area contributed by atoms with E-state index in [-0.39, 0.29) is 17.8 Å². The first-order chi connectivity index (χ1) is 9.24. The van der Waals surface area contributed by atoms with Crippen molar-refractivity contribution in [2.75, 3.05) is 0 Å². The van der Waals surface area contributed by atoms with Crippen molar-refractivity contribution in [2.24, 2.45) is 5.41 Å². The number of rotatable bonds is 6. The zero-order valence-corrected chi connectivity index (χ0v) is 13.4. The molecule has 1 rings (SSSR count). The molecular formula is C17H27FO2. The summed E-state index contributed by atoms with van der Waals surface area (Å²) in [6.07, 6.45) is -0.662. The van der Waals surface area contributed by atoms with Crippen LogP contribution in [-0.2, 0) is 4.74 Å². The molecule has 1 aromatic carbocycles. The number of ether oxygens (including phenoxy) is 2. The molecule has 0 aromatic heterocycles. The molecular weight excluding hydrogens is 255 g/mol. The second kappa shape index (κ2) is 7.07. The fraction of sp³-hybridized carbons (Fsp3) is 0.647. The predicted molar refractivity (Wildman–Crippen MR) is 80.7 cm³/mol. The molecule has 0 aliphatic carbocycles. The van der Waals surface area contributed by atoms with Crippen molar-refractivity contribution in [3.63, 3.8) is 0 Å². The van der Waals surface area contributed by atoms with E-state index in [0.717, 1.165) is 0 Å². The molecule has 3 heteroatoms. The first kappa shape index (κ1) is 17.0. The molecule has 0 radical (unpaired) electrons. The maximum atomic E-state index is 13.6. The fourth-order valence-electron chi connectivity index (χ4n) is 1.77. The Bertz CT molecular complexity index is 392. The van der Waals surface area contributed by atoms with E-state index < -0.39 is 6.17 Å². The number of benzene rings is 1. The van der Waals surface area contributed by atoms with Crippen molar-refractivity contribution in [2.45, 2.75) is 66.5 Å². The van der Waals surface area contributed by atoms with Gasteiger partial charge in [0.2, 0.25) is 6.29 Å². The Morgan fingerprint density at radius 1 is 1.10 bits per heavy atom. The minimum Gasteiger partial charge on any atom is -0.464 e. The smallest absolute Gasteiger partial charge is 0.204 e. The normalized spacial score (nSPS) is 15.2. The first-order valence-corrected chi connectivity index (χ1v) is 7.30. The summed E-state index contributed by atoms with van der Waals surface area (Å²) in [6.45, 7) is 12.0. The van der Waals surface area contributed by atoms with Crippen molar-refractivity contribution in [3.05, 3.63) is 29.8 Å². The highest BCUT2D eigenvalue weighted by Crippen LogP contribution is 2.28. The summed E-state index contributed by atoms with van der Waals surface area (Å²) >= 11 is 0. The van der Waals surface area contributed by atoms with Gasteiger partial charge in [-0.2, -0.15) is 0 Å². The van der Waals surface area contributed by atoms with Gasteiger partial charge >= 0.3 is 0 Å². The minimum absolute atomic E-state index is 0.0915. The average molecular weight is 282 g/mol. The van der Waals surface area contributed by atoms with Crippen LogP contribution in [0.3, 0.4) is 0 Å². The summed E-state index contributed by atoms with van der Waals surface area (Å²) in [6, 6.07) is 7.16. The Kier molecular flexibility index (Phi) is 6.00. The van der Waals surface area contributed by atoms with Gasteiger partial charge in [0.05, 0.1) is 6.10 Å². The maximum Gasteiger partial charge on any atom is 0.204 e. The second-order valence-electron chi connectivity index (χ2n) is 6.45. The van der Waals surface area contributed by atoms with Gasteiger partial charge in [0.15, 0.2) is 0 Å². The number of alkyl halides is 1. The molecule has 0 bridgehead atoms. The van der Waals surface area contributed by atoms with Crippen molar-refractivity contribution in [1.29, 1.82) is 0 Å². The summed E-state index contributed by atoms with van der Waals surface area (Å²) in [4.78, 5) is 0. The molecule has 2 atom stereocenters. The minimum atomic E-state index is -0.908. The van der Waals surface area contributed by atoms with E-state index in [1.807, 2.05) is 20.8 Å². The summed E-state index contributed by atoms with van der Waals surface area (Å²) in [7, 11) is 0. The van der Waals surface area contributed by atoms with Crippen LogP contribution >= 0.6 is 0 Å². The topological polar surface area (TPSA) is 18.5 Å². The highest BCUT2D eigenvalue weighted by atomic mass is 19.1. The van der Waals surface area contributed by atoms with E-state index in [0.29, 0.717) is 17.7 Å². The van der Waals surface area contributed by atoms with E-state index in [2.05, 4.69) is 20.8 Å². The zero-order chi connectivity index (χ0) is 15.3. The van der Waals surface area contributed by atoms with Gasteiger partial charge in [-0.05, 0) is 38.0 Å². The van der Waals surface area contributed by atoms with E-state index in [1.165, 1.54) is 0 Å². The van der Waals surface area contributed by atoms with E-state index in [4.69, 9.17) is 9.47 Å². The van der Waals surface area contributed by atoms with Gasteiger partial charge in [0.25, 0.3) is 0 Å². The zero-order valence-electron chi connectivity index (χ0n) is 13.4. The van der Waals surface area contributed by atoms with Crippen LogP contribution in [0, 0.1) is 5.41 Å². The molecule has 0 heterocycles. The SMILES string of the molecule is CCC(F)c1ccc(OC(OC(C)C)C(C)(C)C)cc1. The largest absolute Gasteiger partial charge is 0.464 e. The lowest BCUT2D eigenvalue weighted by atomic mass is 9.95. The summed E-state index contributed by atoms with van der Waals surface area (Å²) in [5, 5.41) is 0. The molecule has 20 heavy (non-hydrogen) atoms. The van der Waals surface area contributed by atoms with Gasteiger partial charge in [-0.1, -0.05) is 39.8 Å². The number of hydrogen-bond acceptors (Lipinski definition) is 2. The van der Waals surface area contributed by atoms with Crippen molar-refractivity contribution in [1.82, 2.24) is 0 Å². The first-order valence-electron chi connectivity index (χ1n) is 7.30. The van der Waals surface area contributed by atoms with Crippen molar-refractivity contribution in [3.8, 4) is 5.75 Å². The van der Waals surface area contributed by atoms with Crippen LogP contribution in [0.25, 0.3) is 0 Å². The number of hydrogen-bond donors (Lipinski definition) is 0. The van der Waals surface area contributed by atoms with Gasteiger partial charge in [-0.3, -0.25) is 0 Å². The highest BCUT2D eigenvalue weighted by molar-refractivity contribution is 5.28. The van der Waals surface area contributed by atoms with Gasteiger partial charge in [0, 0.05) is 5.41 Å². The Morgan fingerprint density at radius 3 is 2.05 bits per heavy atom. The van der Waals surface area contributed by atoms with Crippen molar-refractivity contribution < 1.29 is 13.9 Å². The lowest BCUT2D eigenvalue weighted by molar-refractivity contribution is -0.162. The monoisotopic (exact) mass is 282 g/mol.